The van der Waals surface area contributed by atoms with Crippen LogP contribution in [0.5, 0.6) is 11.5 Å². The van der Waals surface area contributed by atoms with Gasteiger partial charge in [0, 0.05) is 29.6 Å². The molecule has 0 aliphatic rings. The average molecular weight is 289 g/mol. The number of rotatable bonds is 5. The zero-order valence-corrected chi connectivity index (χ0v) is 12.3. The molecule has 0 unspecified atom stereocenters. The lowest BCUT2D eigenvalue weighted by Crippen LogP contribution is -2.27. The third kappa shape index (κ3) is 4.10. The van der Waals surface area contributed by atoms with E-state index in [9.17, 15) is 9.90 Å². The molecule has 1 heterocycles. The van der Waals surface area contributed by atoms with E-state index in [1.165, 1.54) is 12.1 Å². The number of aliphatic hydroxyl groups is 1. The van der Waals surface area contributed by atoms with Crippen molar-refractivity contribution in [1.29, 1.82) is 0 Å². The monoisotopic (exact) mass is 289 g/mol. The molecule has 2 N–H and O–H groups in total. The minimum absolute atomic E-state index is 0.0647. The fourth-order valence-electron chi connectivity index (χ4n) is 1.82. The van der Waals surface area contributed by atoms with Crippen LogP contribution in [0.2, 0.25) is 0 Å². The highest BCUT2D eigenvalue weighted by molar-refractivity contribution is 5.63. The van der Waals surface area contributed by atoms with Crippen molar-refractivity contribution < 1.29 is 14.6 Å². The molecule has 0 radical (unpaired) electrons. The van der Waals surface area contributed by atoms with Crippen molar-refractivity contribution in [3.05, 3.63) is 46.8 Å². The van der Waals surface area contributed by atoms with E-state index in [1.54, 1.807) is 39.3 Å². The maximum atomic E-state index is 11.4. The summed E-state index contributed by atoms with van der Waals surface area (Å²) in [5, 5.41) is 9.70. The van der Waals surface area contributed by atoms with Crippen LogP contribution < -0.4 is 14.9 Å². The van der Waals surface area contributed by atoms with Crippen LogP contribution in [0.25, 0.3) is 11.3 Å². The van der Waals surface area contributed by atoms with Crippen LogP contribution in [0.1, 0.15) is 13.8 Å². The average Bonchev–Trinajstić information content (AvgIpc) is 2.44. The van der Waals surface area contributed by atoms with Crippen LogP contribution in [-0.4, -0.2) is 29.4 Å². The standard InChI is InChI=1S/C16H19NO4/c1-16(2,19)10-21-14-5-4-11(8-15(14)20-3)13-9-12(18)6-7-17-13/h4-9,19H,10H2,1-3H3,(H,17,18). The molecule has 1 aromatic heterocycles. The summed E-state index contributed by atoms with van der Waals surface area (Å²) < 4.78 is 10.9. The minimum atomic E-state index is -0.922. The van der Waals surface area contributed by atoms with Crippen molar-refractivity contribution in [2.75, 3.05) is 13.7 Å². The van der Waals surface area contributed by atoms with Crippen molar-refractivity contribution in [1.82, 2.24) is 4.98 Å². The summed E-state index contributed by atoms with van der Waals surface area (Å²) >= 11 is 0. The molecule has 112 valence electrons. The Morgan fingerprint density at radius 1 is 1.19 bits per heavy atom. The molecule has 0 aliphatic heterocycles. The van der Waals surface area contributed by atoms with Gasteiger partial charge >= 0.3 is 0 Å². The summed E-state index contributed by atoms with van der Waals surface area (Å²) in [5.74, 6) is 1.09. The molecule has 0 saturated heterocycles. The number of methoxy groups -OCH3 is 1. The number of ether oxygens (including phenoxy) is 2. The Balaban J connectivity index is 2.30. The third-order valence-corrected chi connectivity index (χ3v) is 2.83. The first-order chi connectivity index (χ1) is 9.89. The van der Waals surface area contributed by atoms with Gasteiger partial charge in [-0.1, -0.05) is 0 Å². The molecule has 1 aromatic carbocycles. The molecule has 0 aliphatic carbocycles. The number of pyridine rings is 1. The Labute approximate surface area is 123 Å². The second-order valence-electron chi connectivity index (χ2n) is 5.40. The first kappa shape index (κ1) is 15.1. The third-order valence-electron chi connectivity index (χ3n) is 2.83. The van der Waals surface area contributed by atoms with Crippen molar-refractivity contribution in [3.63, 3.8) is 0 Å². The number of aromatic nitrogens is 1. The van der Waals surface area contributed by atoms with Gasteiger partial charge in [-0.05, 0) is 32.0 Å². The van der Waals surface area contributed by atoms with Crippen LogP contribution in [0, 0.1) is 0 Å². The van der Waals surface area contributed by atoms with Crippen molar-refractivity contribution in [2.45, 2.75) is 19.4 Å². The van der Waals surface area contributed by atoms with E-state index in [-0.39, 0.29) is 12.0 Å². The SMILES string of the molecule is COc1cc(-c2cc(=O)cc[nH]2)ccc1OCC(C)(C)O. The van der Waals surface area contributed by atoms with E-state index in [0.29, 0.717) is 17.2 Å². The smallest absolute Gasteiger partial charge is 0.182 e. The van der Waals surface area contributed by atoms with Crippen LogP contribution in [0.3, 0.4) is 0 Å². The van der Waals surface area contributed by atoms with Gasteiger partial charge in [0.15, 0.2) is 16.9 Å². The largest absolute Gasteiger partial charge is 0.493 e. The molecule has 0 saturated carbocycles. The van der Waals surface area contributed by atoms with E-state index in [4.69, 9.17) is 9.47 Å². The van der Waals surface area contributed by atoms with E-state index < -0.39 is 5.60 Å². The number of nitrogens with one attached hydrogen (secondary N) is 1. The predicted octanol–water partition coefficient (Wildman–Crippen LogP) is 2.20. The molecular formula is C16H19NO4. The van der Waals surface area contributed by atoms with Gasteiger partial charge in [-0.3, -0.25) is 4.79 Å². The number of H-pyrrole nitrogens is 1. The fraction of sp³-hybridized carbons (Fsp3) is 0.312. The second kappa shape index (κ2) is 6.01. The molecule has 0 atom stereocenters. The Kier molecular flexibility index (Phi) is 4.33. The van der Waals surface area contributed by atoms with Gasteiger partial charge in [0.2, 0.25) is 0 Å². The molecule has 2 aromatic rings. The molecule has 0 spiro atoms. The number of hydrogen-bond donors (Lipinski definition) is 2. The first-order valence-corrected chi connectivity index (χ1v) is 6.61. The summed E-state index contributed by atoms with van der Waals surface area (Å²) in [6.07, 6.45) is 1.60. The predicted molar refractivity (Wildman–Crippen MR) is 80.8 cm³/mol. The molecule has 0 fully saturated rings. The van der Waals surface area contributed by atoms with Gasteiger partial charge in [-0.25, -0.2) is 0 Å². The minimum Gasteiger partial charge on any atom is -0.493 e. The van der Waals surface area contributed by atoms with Crippen molar-refractivity contribution in [2.24, 2.45) is 0 Å². The zero-order chi connectivity index (χ0) is 15.5. The fourth-order valence-corrected chi connectivity index (χ4v) is 1.82. The van der Waals surface area contributed by atoms with E-state index >= 15 is 0 Å². The number of hydrogen-bond acceptors (Lipinski definition) is 4. The lowest BCUT2D eigenvalue weighted by molar-refractivity contribution is 0.0276. The van der Waals surface area contributed by atoms with E-state index in [1.807, 2.05) is 6.07 Å². The van der Waals surface area contributed by atoms with Crippen LogP contribution in [-0.2, 0) is 0 Å². The molecule has 5 nitrogen and oxygen atoms in total. The Hall–Kier alpha value is -2.27. The zero-order valence-electron chi connectivity index (χ0n) is 12.3. The molecule has 5 heteroatoms. The molecule has 2 rings (SSSR count). The Morgan fingerprint density at radius 3 is 2.57 bits per heavy atom. The van der Waals surface area contributed by atoms with Gasteiger partial charge in [-0.2, -0.15) is 0 Å². The Morgan fingerprint density at radius 2 is 1.95 bits per heavy atom. The highest BCUT2D eigenvalue weighted by Crippen LogP contribution is 2.32. The van der Waals surface area contributed by atoms with Crippen molar-refractivity contribution in [3.8, 4) is 22.8 Å². The van der Waals surface area contributed by atoms with Crippen LogP contribution in [0.4, 0.5) is 0 Å². The number of aromatic amines is 1. The van der Waals surface area contributed by atoms with Gasteiger partial charge < -0.3 is 19.6 Å². The maximum Gasteiger partial charge on any atom is 0.182 e. The van der Waals surface area contributed by atoms with Gasteiger partial charge in [0.1, 0.15) is 6.61 Å². The van der Waals surface area contributed by atoms with Crippen molar-refractivity contribution >= 4 is 0 Å². The summed E-state index contributed by atoms with van der Waals surface area (Å²) in [5.41, 5.74) is 0.536. The highest BCUT2D eigenvalue weighted by Gasteiger charge is 2.15. The Bertz CT molecular complexity index is 670. The number of benzene rings is 1. The summed E-state index contributed by atoms with van der Waals surface area (Å²) in [7, 11) is 1.55. The van der Waals surface area contributed by atoms with E-state index in [2.05, 4.69) is 4.98 Å². The van der Waals surface area contributed by atoms with Gasteiger partial charge in [0.05, 0.1) is 12.7 Å². The van der Waals surface area contributed by atoms with E-state index in [0.717, 1.165) is 5.56 Å². The van der Waals surface area contributed by atoms with Gasteiger partial charge in [0.25, 0.3) is 0 Å². The van der Waals surface area contributed by atoms with Crippen LogP contribution >= 0.6 is 0 Å². The second-order valence-corrected chi connectivity index (χ2v) is 5.40. The molecular weight excluding hydrogens is 270 g/mol. The summed E-state index contributed by atoms with van der Waals surface area (Å²) in [4.78, 5) is 14.4. The highest BCUT2D eigenvalue weighted by atomic mass is 16.5. The lowest BCUT2D eigenvalue weighted by Gasteiger charge is -2.19. The van der Waals surface area contributed by atoms with Crippen LogP contribution in [0.15, 0.2) is 41.3 Å². The molecule has 0 bridgehead atoms. The molecule has 21 heavy (non-hydrogen) atoms. The first-order valence-electron chi connectivity index (χ1n) is 6.61. The normalized spacial score (nSPS) is 11.2. The summed E-state index contributed by atoms with van der Waals surface area (Å²) in [6.45, 7) is 3.50. The quantitative estimate of drug-likeness (QED) is 0.885. The summed E-state index contributed by atoms with van der Waals surface area (Å²) in [6, 6.07) is 8.34. The van der Waals surface area contributed by atoms with Gasteiger partial charge in [-0.15, -0.1) is 0 Å². The maximum absolute atomic E-state index is 11.4. The lowest BCUT2D eigenvalue weighted by atomic mass is 10.1. The topological polar surface area (TPSA) is 71.6 Å². The molecule has 0 amide bonds.